The molecule has 0 radical (unpaired) electrons. The summed E-state index contributed by atoms with van der Waals surface area (Å²) < 4.78 is 56.0. The van der Waals surface area contributed by atoms with Gasteiger partial charge < -0.3 is 28.1 Å². The topological polar surface area (TPSA) is 138 Å². The summed E-state index contributed by atoms with van der Waals surface area (Å²) in [5, 5.41) is 13.1. The fourth-order valence-electron chi connectivity index (χ4n) is 13.5. The Morgan fingerprint density at radius 1 is 0.579 bits per heavy atom. The lowest BCUT2D eigenvalue weighted by atomic mass is 10.0. The van der Waals surface area contributed by atoms with E-state index in [0.717, 1.165) is 87.6 Å². The van der Waals surface area contributed by atoms with Crippen molar-refractivity contribution in [3.8, 4) is 11.5 Å². The van der Waals surface area contributed by atoms with Gasteiger partial charge in [-0.3, -0.25) is 14.2 Å². The molecule has 1 aliphatic rings. The molecule has 0 bridgehead atoms. The quantitative estimate of drug-likeness (QED) is 0.0285. The standard InChI is InChI=1S/C52H45N2O2S.C24H23N3S2.C7H5NOS.C7H8O3S/c1-36(22-24-42-28-29-53(48-35-38(3)37(2)34-46(42)48)30-32-55-49-20-10-15-39-12-4-7-17-43(39)49)23-27-51-54(47-26-25-41-14-6-9-19-45(41)52(47)57-51)31-33-56-50-21-11-16-40-13-5-8-18-44(40)50;28-17-16-27-22-12-5-6-13-23(22)29-24(27)25-14-7-15-26-20-10-3-1-8-18(20)19-9-2-4-11-21(19)26;9-7-5-3-1-2-4-6(5)10-8-7;1-6-2-4-7(5-3-6)11(8,9)10/h4-29,34-35H,30-33H2,1-3H3;1-6,8-13,28H,7,14-17H2;1-4H,(H,8,9);2-5H,1H3,(H,8,9,10)/q+1;;;/p-1. The number of aromatic nitrogens is 4. The predicted molar refractivity (Wildman–Crippen MR) is 450 cm³/mol. The highest BCUT2D eigenvalue weighted by atomic mass is 32.2. The van der Waals surface area contributed by atoms with E-state index in [9.17, 15) is 17.8 Å². The van der Waals surface area contributed by atoms with Crippen molar-refractivity contribution in [2.75, 3.05) is 37.0 Å². The predicted octanol–water partition coefficient (Wildman–Crippen LogP) is 21.0. The average molecular weight is 1500 g/mol. The SMILES string of the molecule is CC(C=Cc1cc[n+](CCOc2cccc3ccccc23)c2cc(C)c(C)cc12)=CC=C1Sc2c(ccc3ccccc23)N1CCOc1cccc2ccccc12.Cc1ccc(S(=O)(=O)[O-])cc1.O=c1[nH]sc2ccccc12.SCCn1c(=NCCCn2c3ccccc3c3ccccc32)sc2ccccc21. The van der Waals surface area contributed by atoms with Crippen LogP contribution in [0.2, 0.25) is 0 Å². The van der Waals surface area contributed by atoms with Crippen molar-refractivity contribution >= 4 is 154 Å². The van der Waals surface area contributed by atoms with E-state index < -0.39 is 10.1 Å². The molecule has 1 N–H and O–H groups in total. The highest BCUT2D eigenvalue weighted by Crippen LogP contribution is 2.49. The molecule has 0 atom stereocenters. The van der Waals surface area contributed by atoms with E-state index in [1.165, 1.54) is 126 Å². The molecular formula is C90H80N6O6S5. The number of ether oxygens (including phenoxy) is 2. The van der Waals surface area contributed by atoms with Crippen LogP contribution in [0, 0.1) is 20.8 Å². The number of thiol groups is 1. The van der Waals surface area contributed by atoms with Gasteiger partial charge >= 0.3 is 0 Å². The van der Waals surface area contributed by atoms with Gasteiger partial charge in [-0.15, -0.1) is 0 Å². The third-order valence-electron chi connectivity index (χ3n) is 19.0. The second kappa shape index (κ2) is 33.8. The zero-order valence-electron chi connectivity index (χ0n) is 59.8. The number of hydrogen-bond acceptors (Lipinski definition) is 12. The Labute approximate surface area is 640 Å². The van der Waals surface area contributed by atoms with Crippen molar-refractivity contribution in [2.24, 2.45) is 4.99 Å². The maximum Gasteiger partial charge on any atom is 0.265 e. The van der Waals surface area contributed by atoms with Crippen LogP contribution in [0.5, 0.6) is 11.5 Å². The zero-order chi connectivity index (χ0) is 73.8. The molecule has 4 aromatic heterocycles. The van der Waals surface area contributed by atoms with Crippen LogP contribution >= 0.6 is 47.3 Å². The Kier molecular flexibility index (Phi) is 23.1. The molecular weight excluding hydrogens is 1420 g/mol. The molecule has 1 aliphatic heterocycles. The summed E-state index contributed by atoms with van der Waals surface area (Å²) >= 11 is 9.43. The first-order valence-corrected chi connectivity index (χ1v) is 40.2. The summed E-state index contributed by atoms with van der Waals surface area (Å²) in [6.45, 7) is 13.7. The van der Waals surface area contributed by atoms with E-state index in [1.54, 1.807) is 23.5 Å². The average Bonchev–Trinajstić information content (AvgIpc) is 1.61. The minimum Gasteiger partial charge on any atom is -0.744 e. The number of benzene rings is 12. The molecule has 0 unspecified atom stereocenters. The van der Waals surface area contributed by atoms with E-state index in [0.29, 0.717) is 13.2 Å². The number of fused-ring (bicyclic) bond motifs is 11. The van der Waals surface area contributed by atoms with Crippen LogP contribution < -0.4 is 29.3 Å². The molecule has 5 heterocycles. The zero-order valence-corrected chi connectivity index (χ0v) is 64.0. The molecule has 12 aromatic carbocycles. The lowest BCUT2D eigenvalue weighted by molar-refractivity contribution is -0.672. The van der Waals surface area contributed by atoms with Crippen LogP contribution in [0.3, 0.4) is 0 Å². The summed E-state index contributed by atoms with van der Waals surface area (Å²) in [5.41, 5.74) is 12.2. The van der Waals surface area contributed by atoms with Gasteiger partial charge in [-0.25, -0.2) is 8.42 Å². The third-order valence-corrected chi connectivity index (χ3v) is 23.2. The van der Waals surface area contributed by atoms with Crippen molar-refractivity contribution in [1.82, 2.24) is 13.5 Å². The fraction of sp³-hybridized carbons (Fsp3) is 0.144. The normalized spacial score (nSPS) is 12.9. The summed E-state index contributed by atoms with van der Waals surface area (Å²) in [4.78, 5) is 20.5. The minimum absolute atomic E-state index is 0.0144. The van der Waals surface area contributed by atoms with Crippen LogP contribution in [-0.4, -0.2) is 58.5 Å². The smallest absolute Gasteiger partial charge is 0.265 e. The highest BCUT2D eigenvalue weighted by Gasteiger charge is 2.27. The van der Waals surface area contributed by atoms with Gasteiger partial charge in [0.25, 0.3) is 5.56 Å². The van der Waals surface area contributed by atoms with E-state index in [-0.39, 0.29) is 10.5 Å². The van der Waals surface area contributed by atoms with Crippen LogP contribution in [0.4, 0.5) is 5.69 Å². The summed E-state index contributed by atoms with van der Waals surface area (Å²) in [6.07, 6.45) is 12.2. The number of H-pyrrole nitrogens is 1. The minimum atomic E-state index is -4.27. The van der Waals surface area contributed by atoms with E-state index in [2.05, 4.69) is 299 Å². The van der Waals surface area contributed by atoms with E-state index in [1.807, 2.05) is 43.0 Å². The largest absolute Gasteiger partial charge is 0.744 e. The summed E-state index contributed by atoms with van der Waals surface area (Å²) in [6, 6.07) is 88.5. The monoisotopic (exact) mass is 1500 g/mol. The molecule has 17 rings (SSSR count). The molecule has 0 fully saturated rings. The molecule has 0 saturated heterocycles. The van der Waals surface area contributed by atoms with E-state index >= 15 is 0 Å². The van der Waals surface area contributed by atoms with Gasteiger partial charge in [0, 0.05) is 75.0 Å². The molecule has 107 heavy (non-hydrogen) atoms. The third kappa shape index (κ3) is 16.9. The second-order valence-electron chi connectivity index (χ2n) is 26.2. The van der Waals surface area contributed by atoms with Crippen LogP contribution in [0.25, 0.3) is 91.4 Å². The Hall–Kier alpha value is -10.8. The molecule has 0 aliphatic carbocycles. The number of aryl methyl sites for hydroxylation is 5. The first-order chi connectivity index (χ1) is 52.2. The van der Waals surface area contributed by atoms with Gasteiger partial charge in [0.1, 0.15) is 34.8 Å². The Morgan fingerprint density at radius 2 is 1.15 bits per heavy atom. The van der Waals surface area contributed by atoms with Crippen molar-refractivity contribution in [3.05, 3.63) is 333 Å². The van der Waals surface area contributed by atoms with E-state index in [4.69, 9.17) is 14.5 Å². The Morgan fingerprint density at radius 3 is 1.80 bits per heavy atom. The molecule has 0 saturated carbocycles. The Bertz CT molecular complexity index is 6200. The first kappa shape index (κ1) is 73.2. The molecule has 536 valence electrons. The number of rotatable bonds is 18. The number of pyridine rings is 1. The van der Waals surface area contributed by atoms with Crippen LogP contribution in [-0.2, 0) is 29.8 Å². The maximum absolute atomic E-state index is 10.9. The molecule has 17 heteroatoms. The number of thioether (sulfide) groups is 1. The number of thiazole rings is 1. The lowest BCUT2D eigenvalue weighted by Crippen LogP contribution is -2.37. The number of aromatic amines is 1. The summed E-state index contributed by atoms with van der Waals surface area (Å²) in [7, 11) is -4.27. The number of anilines is 1. The second-order valence-corrected chi connectivity index (χ2v) is 30.9. The van der Waals surface area contributed by atoms with Crippen molar-refractivity contribution < 1.29 is 27.0 Å². The fourth-order valence-corrected chi connectivity index (χ4v) is 17.2. The molecule has 16 aromatic rings. The maximum atomic E-state index is 10.9. The van der Waals surface area contributed by atoms with Crippen molar-refractivity contribution in [2.45, 2.75) is 63.5 Å². The number of nitrogens with zero attached hydrogens (tertiary/aromatic N) is 5. The van der Waals surface area contributed by atoms with Gasteiger partial charge in [0.05, 0.1) is 47.8 Å². The number of allylic oxidation sites excluding steroid dienone is 4. The lowest BCUT2D eigenvalue weighted by Gasteiger charge is -2.21. The number of hydrogen-bond donors (Lipinski definition) is 2. The van der Waals surface area contributed by atoms with Gasteiger partial charge in [0.15, 0.2) is 17.5 Å². The highest BCUT2D eigenvalue weighted by molar-refractivity contribution is 8.04. The van der Waals surface area contributed by atoms with Gasteiger partial charge in [-0.2, -0.15) is 17.2 Å². The van der Waals surface area contributed by atoms with Crippen LogP contribution in [0.1, 0.15) is 35.6 Å². The first-order valence-electron chi connectivity index (χ1n) is 35.7. The number of para-hydroxylation sites is 3. The molecule has 12 nitrogen and oxygen atoms in total. The van der Waals surface area contributed by atoms with Crippen molar-refractivity contribution in [1.29, 1.82) is 0 Å². The van der Waals surface area contributed by atoms with Gasteiger partial charge in [-0.1, -0.05) is 240 Å². The molecule has 0 spiro atoms. The summed E-state index contributed by atoms with van der Waals surface area (Å²) in [5.74, 6) is 2.66. The number of nitrogens with one attached hydrogen (secondary N) is 1. The van der Waals surface area contributed by atoms with Crippen LogP contribution in [0.15, 0.2) is 315 Å². The van der Waals surface area contributed by atoms with Gasteiger partial charge in [-0.05, 0) is 151 Å². The Balaban J connectivity index is 0.000000156. The van der Waals surface area contributed by atoms with Gasteiger partial charge in [0.2, 0.25) is 5.52 Å². The molecule has 0 amide bonds. The van der Waals surface area contributed by atoms with Crippen molar-refractivity contribution in [3.63, 3.8) is 0 Å².